The topological polar surface area (TPSA) is 28.2 Å². The van der Waals surface area contributed by atoms with Crippen LogP contribution in [0.4, 0.5) is 0 Å². The summed E-state index contributed by atoms with van der Waals surface area (Å²) >= 11 is 2.11. The van der Waals surface area contributed by atoms with Crippen molar-refractivity contribution in [3.8, 4) is 0 Å². The molecule has 0 bridgehead atoms. The normalized spacial score (nSPS) is 27.5. The number of fused-ring (bicyclic) bond motifs is 1. The van der Waals surface area contributed by atoms with Gasteiger partial charge in [-0.05, 0) is 44.5 Å². The molecule has 1 saturated heterocycles. The van der Waals surface area contributed by atoms with Crippen LogP contribution in [-0.2, 0) is 6.42 Å². The quantitative estimate of drug-likeness (QED) is 0.905. The number of nitrogens with one attached hydrogen (secondary N) is 1. The smallest absolute Gasteiger partial charge is 0.0482 e. The molecular weight excluding hydrogens is 278 g/mol. The molecule has 1 aliphatic heterocycles. The minimum Gasteiger partial charge on any atom is -0.312 e. The maximum atomic E-state index is 4.72. The molecule has 3 unspecified atom stereocenters. The van der Waals surface area contributed by atoms with Gasteiger partial charge in [0.05, 0.1) is 0 Å². The van der Waals surface area contributed by atoms with Crippen molar-refractivity contribution < 1.29 is 0 Å². The third-order valence-corrected chi connectivity index (χ3v) is 5.97. The standard InChI is InChI=1S/C17H27N3S/c1-3-8-18-17(15-12-21-11-10-20(15)2)14-7-6-13-5-4-9-19-16(13)14/h4-5,9,14-15,17-18H,3,6-8,10-12H2,1-2H3. The fourth-order valence-electron chi connectivity index (χ4n) is 3.73. The molecule has 1 aromatic heterocycles. The van der Waals surface area contributed by atoms with Crippen LogP contribution in [0.25, 0.3) is 0 Å². The highest BCUT2D eigenvalue weighted by Crippen LogP contribution is 2.36. The maximum absolute atomic E-state index is 4.72. The Bertz CT molecular complexity index is 465. The zero-order chi connectivity index (χ0) is 14.7. The minimum atomic E-state index is 0.541. The highest BCUT2D eigenvalue weighted by molar-refractivity contribution is 7.99. The number of hydrogen-bond acceptors (Lipinski definition) is 4. The molecule has 2 heterocycles. The molecular formula is C17H27N3S. The Balaban J connectivity index is 1.82. The number of aryl methyl sites for hydroxylation is 1. The lowest BCUT2D eigenvalue weighted by Gasteiger charge is -2.41. The zero-order valence-electron chi connectivity index (χ0n) is 13.2. The number of aromatic nitrogens is 1. The maximum Gasteiger partial charge on any atom is 0.0482 e. The number of hydrogen-bond donors (Lipinski definition) is 1. The van der Waals surface area contributed by atoms with E-state index in [2.05, 4.69) is 48.1 Å². The molecule has 0 radical (unpaired) electrons. The van der Waals surface area contributed by atoms with Gasteiger partial charge in [-0.15, -0.1) is 0 Å². The lowest BCUT2D eigenvalue weighted by molar-refractivity contribution is 0.194. The first-order chi connectivity index (χ1) is 10.3. The van der Waals surface area contributed by atoms with Crippen molar-refractivity contribution in [3.05, 3.63) is 29.6 Å². The Morgan fingerprint density at radius 2 is 2.43 bits per heavy atom. The van der Waals surface area contributed by atoms with Crippen LogP contribution in [-0.4, -0.2) is 53.6 Å². The second-order valence-electron chi connectivity index (χ2n) is 6.30. The summed E-state index contributed by atoms with van der Waals surface area (Å²) in [6, 6.07) is 5.52. The lowest BCUT2D eigenvalue weighted by atomic mass is 9.90. The second-order valence-corrected chi connectivity index (χ2v) is 7.45. The molecule has 1 aliphatic carbocycles. The predicted molar refractivity (Wildman–Crippen MR) is 91.1 cm³/mol. The first-order valence-electron chi connectivity index (χ1n) is 8.26. The molecule has 0 amide bonds. The average molecular weight is 305 g/mol. The number of rotatable bonds is 5. The molecule has 0 saturated carbocycles. The van der Waals surface area contributed by atoms with Crippen molar-refractivity contribution >= 4 is 11.8 Å². The van der Waals surface area contributed by atoms with Gasteiger partial charge in [0.1, 0.15) is 0 Å². The molecule has 4 heteroatoms. The predicted octanol–water partition coefficient (Wildman–Crippen LogP) is 2.53. The highest BCUT2D eigenvalue weighted by Gasteiger charge is 2.37. The van der Waals surface area contributed by atoms with E-state index in [9.17, 15) is 0 Å². The molecule has 3 nitrogen and oxygen atoms in total. The molecule has 3 atom stereocenters. The van der Waals surface area contributed by atoms with Crippen LogP contribution in [0.3, 0.4) is 0 Å². The van der Waals surface area contributed by atoms with Crippen molar-refractivity contribution in [2.24, 2.45) is 0 Å². The van der Waals surface area contributed by atoms with Gasteiger partial charge in [0.2, 0.25) is 0 Å². The summed E-state index contributed by atoms with van der Waals surface area (Å²) in [4.78, 5) is 7.28. The van der Waals surface area contributed by atoms with E-state index in [1.807, 2.05) is 6.20 Å². The van der Waals surface area contributed by atoms with Crippen LogP contribution < -0.4 is 5.32 Å². The first kappa shape index (κ1) is 15.3. The third-order valence-electron chi connectivity index (χ3n) is 4.92. The van der Waals surface area contributed by atoms with E-state index in [0.717, 1.165) is 6.54 Å². The molecule has 3 rings (SSSR count). The van der Waals surface area contributed by atoms with Crippen LogP contribution in [0.15, 0.2) is 18.3 Å². The number of pyridine rings is 1. The van der Waals surface area contributed by atoms with Crippen LogP contribution in [0.5, 0.6) is 0 Å². The van der Waals surface area contributed by atoms with Crippen LogP contribution in [0, 0.1) is 0 Å². The molecule has 0 spiro atoms. The van der Waals surface area contributed by atoms with Gasteiger partial charge in [-0.3, -0.25) is 4.98 Å². The summed E-state index contributed by atoms with van der Waals surface area (Å²) in [5.41, 5.74) is 2.83. The van der Waals surface area contributed by atoms with Gasteiger partial charge in [-0.1, -0.05) is 13.0 Å². The number of likely N-dealkylation sites (N-methyl/N-ethyl adjacent to an activating group) is 1. The van der Waals surface area contributed by atoms with Crippen molar-refractivity contribution in [3.63, 3.8) is 0 Å². The summed E-state index contributed by atoms with van der Waals surface area (Å²) in [5, 5.41) is 3.86. The van der Waals surface area contributed by atoms with E-state index in [0.29, 0.717) is 18.0 Å². The largest absolute Gasteiger partial charge is 0.312 e. The number of thioether (sulfide) groups is 1. The van der Waals surface area contributed by atoms with Crippen molar-refractivity contribution in [1.29, 1.82) is 0 Å². The highest BCUT2D eigenvalue weighted by atomic mass is 32.2. The summed E-state index contributed by atoms with van der Waals surface area (Å²) in [7, 11) is 2.29. The Morgan fingerprint density at radius 3 is 3.24 bits per heavy atom. The average Bonchev–Trinajstić information content (AvgIpc) is 2.93. The minimum absolute atomic E-state index is 0.541. The lowest BCUT2D eigenvalue weighted by Crippen LogP contribution is -2.55. The van der Waals surface area contributed by atoms with Crippen molar-refractivity contribution in [2.75, 3.05) is 31.6 Å². The molecule has 0 aromatic carbocycles. The molecule has 116 valence electrons. The van der Waals surface area contributed by atoms with Gasteiger partial charge in [0, 0.05) is 47.9 Å². The van der Waals surface area contributed by atoms with E-state index in [1.165, 1.54) is 48.6 Å². The van der Waals surface area contributed by atoms with Gasteiger partial charge < -0.3 is 10.2 Å². The van der Waals surface area contributed by atoms with Gasteiger partial charge in [0.15, 0.2) is 0 Å². The van der Waals surface area contributed by atoms with E-state index in [-0.39, 0.29) is 0 Å². The molecule has 21 heavy (non-hydrogen) atoms. The summed E-state index contributed by atoms with van der Waals surface area (Å²) in [6.07, 6.45) is 5.61. The van der Waals surface area contributed by atoms with Gasteiger partial charge in [-0.25, -0.2) is 0 Å². The molecule has 2 aliphatic rings. The molecule has 1 fully saturated rings. The van der Waals surface area contributed by atoms with E-state index in [1.54, 1.807) is 0 Å². The van der Waals surface area contributed by atoms with Gasteiger partial charge >= 0.3 is 0 Å². The first-order valence-corrected chi connectivity index (χ1v) is 9.42. The van der Waals surface area contributed by atoms with Crippen LogP contribution in [0.2, 0.25) is 0 Å². The monoisotopic (exact) mass is 305 g/mol. The summed E-state index contributed by atoms with van der Waals surface area (Å²) in [5.74, 6) is 3.10. The zero-order valence-corrected chi connectivity index (χ0v) is 14.0. The van der Waals surface area contributed by atoms with Gasteiger partial charge in [0.25, 0.3) is 0 Å². The Labute approximate surface area is 132 Å². The van der Waals surface area contributed by atoms with E-state index >= 15 is 0 Å². The van der Waals surface area contributed by atoms with E-state index < -0.39 is 0 Å². The fourth-order valence-corrected chi connectivity index (χ4v) is 5.02. The fraction of sp³-hybridized carbons (Fsp3) is 0.706. The summed E-state index contributed by atoms with van der Waals surface area (Å²) in [6.45, 7) is 4.57. The van der Waals surface area contributed by atoms with Crippen LogP contribution in [0.1, 0.15) is 36.9 Å². The van der Waals surface area contributed by atoms with E-state index in [4.69, 9.17) is 4.98 Å². The second kappa shape index (κ2) is 7.12. The van der Waals surface area contributed by atoms with Crippen molar-refractivity contribution in [2.45, 2.75) is 44.2 Å². The molecule has 1 aromatic rings. The summed E-state index contributed by atoms with van der Waals surface area (Å²) < 4.78 is 0. The third kappa shape index (κ3) is 3.27. The number of nitrogens with zero attached hydrogens (tertiary/aromatic N) is 2. The Kier molecular flexibility index (Phi) is 5.19. The van der Waals surface area contributed by atoms with Gasteiger partial charge in [-0.2, -0.15) is 11.8 Å². The Hall–Kier alpha value is -0.580. The Morgan fingerprint density at radius 1 is 1.52 bits per heavy atom. The van der Waals surface area contributed by atoms with Crippen LogP contribution >= 0.6 is 11.8 Å². The van der Waals surface area contributed by atoms with Crippen molar-refractivity contribution in [1.82, 2.24) is 15.2 Å². The SMILES string of the molecule is CCCNC(C1CCc2cccnc21)C1CSCCN1C. The molecule has 1 N–H and O–H groups in total.